The monoisotopic (exact) mass is 244 g/mol. The van der Waals surface area contributed by atoms with Gasteiger partial charge in [-0.2, -0.15) is 0 Å². The number of para-hydroxylation sites is 2. The first-order chi connectivity index (χ1) is 8.75. The molecule has 1 aromatic carbocycles. The third kappa shape index (κ3) is 1.97. The van der Waals surface area contributed by atoms with Crippen molar-refractivity contribution in [2.24, 2.45) is 0 Å². The van der Waals surface area contributed by atoms with Crippen molar-refractivity contribution in [2.75, 3.05) is 25.4 Å². The van der Waals surface area contributed by atoms with Gasteiger partial charge in [0.05, 0.1) is 11.0 Å². The Morgan fingerprint density at radius 1 is 1.28 bits per heavy atom. The Morgan fingerprint density at radius 3 is 2.78 bits per heavy atom. The fourth-order valence-corrected chi connectivity index (χ4v) is 2.95. The van der Waals surface area contributed by atoms with Crippen molar-refractivity contribution in [3.63, 3.8) is 0 Å². The number of benzene rings is 1. The maximum Gasteiger partial charge on any atom is 0.201 e. The minimum atomic E-state index is 0.371. The van der Waals surface area contributed by atoms with Gasteiger partial charge in [0, 0.05) is 12.6 Å². The summed E-state index contributed by atoms with van der Waals surface area (Å²) >= 11 is 0. The van der Waals surface area contributed by atoms with Crippen LogP contribution in [0.5, 0.6) is 0 Å². The van der Waals surface area contributed by atoms with Crippen molar-refractivity contribution in [3.8, 4) is 0 Å². The SMILES string of the molecule is CC(CN1CCCC1)n1c(N)nc2ccccc21. The highest BCUT2D eigenvalue weighted by Crippen LogP contribution is 2.23. The van der Waals surface area contributed by atoms with Gasteiger partial charge >= 0.3 is 0 Å². The minimum absolute atomic E-state index is 0.371. The summed E-state index contributed by atoms with van der Waals surface area (Å²) in [5.74, 6) is 0.628. The predicted octanol–water partition coefficient (Wildman–Crippen LogP) is 2.28. The summed E-state index contributed by atoms with van der Waals surface area (Å²) in [6, 6.07) is 8.53. The van der Waals surface area contributed by atoms with Crippen LogP contribution in [-0.2, 0) is 0 Å². The highest BCUT2D eigenvalue weighted by Gasteiger charge is 2.18. The number of fused-ring (bicyclic) bond motifs is 1. The molecule has 2 N–H and O–H groups in total. The van der Waals surface area contributed by atoms with Gasteiger partial charge in [-0.15, -0.1) is 0 Å². The van der Waals surface area contributed by atoms with Crippen LogP contribution in [0.15, 0.2) is 24.3 Å². The van der Waals surface area contributed by atoms with Crippen LogP contribution >= 0.6 is 0 Å². The molecule has 2 heterocycles. The van der Waals surface area contributed by atoms with Crippen LogP contribution in [0.4, 0.5) is 5.95 Å². The maximum atomic E-state index is 6.06. The first kappa shape index (κ1) is 11.5. The van der Waals surface area contributed by atoms with Crippen LogP contribution < -0.4 is 5.73 Å². The van der Waals surface area contributed by atoms with Gasteiger partial charge in [-0.3, -0.25) is 0 Å². The third-order valence-electron chi connectivity index (χ3n) is 3.78. The highest BCUT2D eigenvalue weighted by atomic mass is 15.2. The number of rotatable bonds is 3. The summed E-state index contributed by atoms with van der Waals surface area (Å²) in [5, 5.41) is 0. The summed E-state index contributed by atoms with van der Waals surface area (Å²) in [4.78, 5) is 6.94. The molecule has 0 radical (unpaired) electrons. The number of nitrogens with zero attached hydrogens (tertiary/aromatic N) is 3. The average molecular weight is 244 g/mol. The molecule has 1 fully saturated rings. The van der Waals surface area contributed by atoms with Crippen molar-refractivity contribution < 1.29 is 0 Å². The molecule has 4 nitrogen and oxygen atoms in total. The van der Waals surface area contributed by atoms with E-state index in [9.17, 15) is 0 Å². The molecule has 0 spiro atoms. The van der Waals surface area contributed by atoms with E-state index in [1.165, 1.54) is 25.9 Å². The second-order valence-corrected chi connectivity index (χ2v) is 5.19. The number of imidazole rings is 1. The molecule has 0 saturated carbocycles. The molecule has 0 aliphatic carbocycles. The normalized spacial score (nSPS) is 18.5. The fourth-order valence-electron chi connectivity index (χ4n) is 2.95. The van der Waals surface area contributed by atoms with Gasteiger partial charge in [0.1, 0.15) is 0 Å². The van der Waals surface area contributed by atoms with Crippen molar-refractivity contribution in [2.45, 2.75) is 25.8 Å². The smallest absolute Gasteiger partial charge is 0.201 e. The largest absolute Gasteiger partial charge is 0.369 e. The number of aromatic nitrogens is 2. The number of likely N-dealkylation sites (tertiary alicyclic amines) is 1. The summed E-state index contributed by atoms with van der Waals surface area (Å²) < 4.78 is 2.16. The zero-order valence-corrected chi connectivity index (χ0v) is 10.8. The molecule has 3 rings (SSSR count). The molecule has 1 aliphatic heterocycles. The minimum Gasteiger partial charge on any atom is -0.369 e. The molecule has 1 unspecified atom stereocenters. The molecule has 2 aromatic rings. The Morgan fingerprint density at radius 2 is 2.00 bits per heavy atom. The van der Waals surface area contributed by atoms with Gasteiger partial charge in [0.25, 0.3) is 0 Å². The fraction of sp³-hybridized carbons (Fsp3) is 0.500. The zero-order valence-electron chi connectivity index (χ0n) is 10.8. The Labute approximate surface area is 107 Å². The molecule has 18 heavy (non-hydrogen) atoms. The van der Waals surface area contributed by atoms with Crippen LogP contribution in [0.25, 0.3) is 11.0 Å². The van der Waals surface area contributed by atoms with Crippen LogP contribution in [0, 0.1) is 0 Å². The maximum absolute atomic E-state index is 6.06. The van der Waals surface area contributed by atoms with Crippen LogP contribution in [0.3, 0.4) is 0 Å². The standard InChI is InChI=1S/C14H20N4/c1-11(10-17-8-4-5-9-17)18-13-7-3-2-6-12(13)16-14(18)15/h2-3,6-7,11H,4-5,8-10H2,1H3,(H2,15,16). The van der Waals surface area contributed by atoms with Crippen molar-refractivity contribution in [3.05, 3.63) is 24.3 Å². The molecule has 96 valence electrons. The number of anilines is 1. The van der Waals surface area contributed by atoms with Crippen LogP contribution in [0.1, 0.15) is 25.8 Å². The molecule has 4 heteroatoms. The van der Waals surface area contributed by atoms with Crippen LogP contribution in [0.2, 0.25) is 0 Å². The number of nitrogens with two attached hydrogens (primary N) is 1. The van der Waals surface area contributed by atoms with E-state index in [1.807, 2.05) is 18.2 Å². The van der Waals surface area contributed by atoms with Gasteiger partial charge in [-0.1, -0.05) is 12.1 Å². The van der Waals surface area contributed by atoms with E-state index in [0.717, 1.165) is 17.6 Å². The lowest BCUT2D eigenvalue weighted by Gasteiger charge is -2.22. The first-order valence-electron chi connectivity index (χ1n) is 6.70. The number of hydrogen-bond donors (Lipinski definition) is 1. The Hall–Kier alpha value is -1.55. The average Bonchev–Trinajstić information content (AvgIpc) is 2.94. The molecule has 1 aliphatic rings. The molecule has 1 aromatic heterocycles. The summed E-state index contributed by atoms with van der Waals surface area (Å²) in [7, 11) is 0. The zero-order chi connectivity index (χ0) is 12.5. The summed E-state index contributed by atoms with van der Waals surface area (Å²) in [5.41, 5.74) is 8.19. The quantitative estimate of drug-likeness (QED) is 0.901. The van der Waals surface area contributed by atoms with E-state index in [0.29, 0.717) is 12.0 Å². The first-order valence-corrected chi connectivity index (χ1v) is 6.70. The van der Waals surface area contributed by atoms with Gasteiger partial charge in [0.2, 0.25) is 5.95 Å². The second-order valence-electron chi connectivity index (χ2n) is 5.19. The van der Waals surface area contributed by atoms with E-state index in [1.54, 1.807) is 0 Å². The van der Waals surface area contributed by atoms with E-state index in [2.05, 4.69) is 27.4 Å². The molecular formula is C14H20N4. The molecule has 0 bridgehead atoms. The highest BCUT2D eigenvalue weighted by molar-refractivity contribution is 5.78. The van der Waals surface area contributed by atoms with Gasteiger partial charge in [-0.25, -0.2) is 4.98 Å². The molecule has 1 saturated heterocycles. The Balaban J connectivity index is 1.90. The summed E-state index contributed by atoms with van der Waals surface area (Å²) in [6.07, 6.45) is 2.65. The topological polar surface area (TPSA) is 47.1 Å². The van der Waals surface area contributed by atoms with E-state index in [-0.39, 0.29) is 0 Å². The lowest BCUT2D eigenvalue weighted by atomic mass is 10.2. The van der Waals surface area contributed by atoms with Crippen molar-refractivity contribution in [1.82, 2.24) is 14.5 Å². The Bertz CT molecular complexity index is 540. The van der Waals surface area contributed by atoms with E-state index in [4.69, 9.17) is 5.73 Å². The number of nitrogen functional groups attached to an aromatic ring is 1. The number of hydrogen-bond acceptors (Lipinski definition) is 3. The molecular weight excluding hydrogens is 224 g/mol. The van der Waals surface area contributed by atoms with E-state index >= 15 is 0 Å². The molecule has 1 atom stereocenters. The summed E-state index contributed by atoms with van der Waals surface area (Å²) in [6.45, 7) is 5.72. The van der Waals surface area contributed by atoms with Crippen molar-refractivity contribution in [1.29, 1.82) is 0 Å². The lowest BCUT2D eigenvalue weighted by Crippen LogP contribution is -2.27. The van der Waals surface area contributed by atoms with Gasteiger partial charge < -0.3 is 15.2 Å². The molecule has 0 amide bonds. The van der Waals surface area contributed by atoms with Gasteiger partial charge in [0.15, 0.2) is 0 Å². The predicted molar refractivity (Wildman–Crippen MR) is 74.5 cm³/mol. The van der Waals surface area contributed by atoms with Gasteiger partial charge in [-0.05, 0) is 45.0 Å². The Kier molecular flexibility index (Phi) is 2.96. The van der Waals surface area contributed by atoms with Crippen LogP contribution in [-0.4, -0.2) is 34.1 Å². The second kappa shape index (κ2) is 4.61. The lowest BCUT2D eigenvalue weighted by molar-refractivity contribution is 0.291. The third-order valence-corrected chi connectivity index (χ3v) is 3.78. The van der Waals surface area contributed by atoms with Crippen molar-refractivity contribution >= 4 is 17.0 Å². The van der Waals surface area contributed by atoms with E-state index < -0.39 is 0 Å².